The summed E-state index contributed by atoms with van der Waals surface area (Å²) in [6.45, 7) is 3.03. The number of carbonyl (C=O) groups is 1. The normalized spacial score (nSPS) is 11.7. The third-order valence-electron chi connectivity index (χ3n) is 4.53. The molecule has 0 amide bonds. The van der Waals surface area contributed by atoms with Crippen LogP contribution in [-0.2, 0) is 4.79 Å². The predicted molar refractivity (Wildman–Crippen MR) is 113 cm³/mol. The number of benzene rings is 3. The lowest BCUT2D eigenvalue weighted by Crippen LogP contribution is -2.04. The van der Waals surface area contributed by atoms with Crippen molar-refractivity contribution < 1.29 is 14.8 Å². The average Bonchev–Trinajstić information content (AvgIpc) is 3.01. The fraction of sp³-hybridized carbons (Fsp3) is 0.136. The Morgan fingerprint density at radius 2 is 1.59 bits per heavy atom. The number of carboxylic acids is 1. The van der Waals surface area contributed by atoms with Gasteiger partial charge in [0.1, 0.15) is 0 Å². The van der Waals surface area contributed by atoms with E-state index in [1.54, 1.807) is 12.1 Å². The molecule has 3 aromatic carbocycles. The number of fused-ring (bicyclic) bond motifs is 3. The molecule has 0 saturated carbocycles. The van der Waals surface area contributed by atoms with Crippen LogP contribution in [0.25, 0.3) is 27.5 Å². The van der Waals surface area contributed by atoms with Gasteiger partial charge in [0.2, 0.25) is 0 Å². The van der Waals surface area contributed by atoms with E-state index < -0.39 is 5.97 Å². The number of rotatable bonds is 3. The van der Waals surface area contributed by atoms with Crippen molar-refractivity contribution in [3.05, 3.63) is 82.4 Å². The Morgan fingerprint density at radius 3 is 2.14 bits per heavy atom. The van der Waals surface area contributed by atoms with Crippen LogP contribution >= 0.6 is 0 Å². The predicted octanol–water partition coefficient (Wildman–Crippen LogP) is 4.80. The molecule has 0 aliphatic carbocycles. The summed E-state index contributed by atoms with van der Waals surface area (Å²) in [5.74, 6) is -0.833. The zero-order valence-corrected chi connectivity index (χ0v) is 16.1. The molecular formula is C22H21N3O4. The van der Waals surface area contributed by atoms with Crippen LogP contribution in [0.1, 0.15) is 25.5 Å². The molecule has 1 heterocycles. The van der Waals surface area contributed by atoms with E-state index in [0.29, 0.717) is 0 Å². The molecule has 7 nitrogen and oxygen atoms in total. The van der Waals surface area contributed by atoms with Gasteiger partial charge >= 0.3 is 0 Å². The van der Waals surface area contributed by atoms with Gasteiger partial charge in [-0.1, -0.05) is 30.3 Å². The molecule has 0 spiro atoms. The standard InChI is InChI=1S/C20H17N3O2.C2H4O2/c1-13(21)14-7-9-17-18-10-8-16(23(24)25)12-20(18)22(19(17)11-14)15-5-3-2-4-6-15;1-2(3)4/h2-13H,21H2,1H3;1H3,(H,3,4). The van der Waals surface area contributed by atoms with Crippen LogP contribution in [-0.4, -0.2) is 20.6 Å². The van der Waals surface area contributed by atoms with E-state index in [4.69, 9.17) is 15.6 Å². The van der Waals surface area contributed by atoms with Gasteiger partial charge in [0.15, 0.2) is 0 Å². The summed E-state index contributed by atoms with van der Waals surface area (Å²) in [4.78, 5) is 19.9. The van der Waals surface area contributed by atoms with Gasteiger partial charge in [-0.25, -0.2) is 0 Å². The summed E-state index contributed by atoms with van der Waals surface area (Å²) in [5, 5.41) is 20.7. The lowest BCUT2D eigenvalue weighted by Gasteiger charge is -2.10. The van der Waals surface area contributed by atoms with Crippen LogP contribution in [0.2, 0.25) is 0 Å². The van der Waals surface area contributed by atoms with Crippen LogP contribution in [0.3, 0.4) is 0 Å². The molecule has 3 N–H and O–H groups in total. The number of aliphatic carboxylic acids is 1. The molecule has 0 saturated heterocycles. The molecule has 148 valence electrons. The van der Waals surface area contributed by atoms with Crippen LogP contribution in [0.4, 0.5) is 5.69 Å². The van der Waals surface area contributed by atoms with E-state index in [1.165, 1.54) is 0 Å². The van der Waals surface area contributed by atoms with Crippen LogP contribution in [0.5, 0.6) is 0 Å². The number of nitrogens with two attached hydrogens (primary N) is 1. The minimum atomic E-state index is -0.833. The topological polar surface area (TPSA) is 111 Å². The highest BCUT2D eigenvalue weighted by molar-refractivity contribution is 6.10. The molecule has 1 unspecified atom stereocenters. The lowest BCUT2D eigenvalue weighted by molar-refractivity contribution is -0.384. The van der Waals surface area contributed by atoms with Crippen molar-refractivity contribution in [1.29, 1.82) is 0 Å². The summed E-state index contributed by atoms with van der Waals surface area (Å²) in [6.07, 6.45) is 0. The quantitative estimate of drug-likeness (QED) is 0.385. The molecule has 0 bridgehead atoms. The molecule has 0 fully saturated rings. The fourth-order valence-electron chi connectivity index (χ4n) is 3.28. The Kier molecular flexibility index (Phi) is 5.61. The molecule has 1 aromatic heterocycles. The van der Waals surface area contributed by atoms with E-state index in [0.717, 1.165) is 40.0 Å². The number of aromatic nitrogens is 1. The highest BCUT2D eigenvalue weighted by Crippen LogP contribution is 2.35. The summed E-state index contributed by atoms with van der Waals surface area (Å²) < 4.78 is 2.06. The Morgan fingerprint density at radius 1 is 1.03 bits per heavy atom. The smallest absolute Gasteiger partial charge is 0.300 e. The van der Waals surface area contributed by atoms with E-state index >= 15 is 0 Å². The van der Waals surface area contributed by atoms with Gasteiger partial charge in [-0.05, 0) is 36.8 Å². The van der Waals surface area contributed by atoms with Gasteiger partial charge in [0.25, 0.3) is 11.7 Å². The van der Waals surface area contributed by atoms with Gasteiger partial charge < -0.3 is 15.4 Å². The number of nitrogens with zero attached hydrogens (tertiary/aromatic N) is 2. The minimum Gasteiger partial charge on any atom is -0.481 e. The van der Waals surface area contributed by atoms with Crippen molar-refractivity contribution in [3.63, 3.8) is 0 Å². The van der Waals surface area contributed by atoms with Gasteiger partial charge in [-0.2, -0.15) is 0 Å². The maximum absolute atomic E-state index is 11.2. The van der Waals surface area contributed by atoms with Crippen LogP contribution in [0.15, 0.2) is 66.7 Å². The molecule has 0 aliphatic rings. The first-order chi connectivity index (χ1) is 13.8. The molecule has 1 atom stereocenters. The Balaban J connectivity index is 0.000000552. The van der Waals surface area contributed by atoms with Crippen LogP contribution < -0.4 is 5.73 Å². The fourth-order valence-corrected chi connectivity index (χ4v) is 3.28. The zero-order valence-electron chi connectivity index (χ0n) is 16.1. The number of nitro groups is 1. The number of non-ortho nitro benzene ring substituents is 1. The monoisotopic (exact) mass is 391 g/mol. The summed E-state index contributed by atoms with van der Waals surface area (Å²) in [6, 6.07) is 20.9. The van der Waals surface area contributed by atoms with E-state index in [9.17, 15) is 10.1 Å². The van der Waals surface area contributed by atoms with Crippen molar-refractivity contribution in [2.24, 2.45) is 5.73 Å². The third kappa shape index (κ3) is 4.09. The summed E-state index contributed by atoms with van der Waals surface area (Å²) in [5.41, 5.74) is 9.94. The third-order valence-corrected chi connectivity index (χ3v) is 4.53. The maximum Gasteiger partial charge on any atom is 0.300 e. The Hall–Kier alpha value is -3.71. The molecule has 7 heteroatoms. The van der Waals surface area contributed by atoms with Crippen molar-refractivity contribution in [3.8, 4) is 5.69 Å². The molecule has 0 radical (unpaired) electrons. The van der Waals surface area contributed by atoms with E-state index in [2.05, 4.69) is 10.6 Å². The Labute approximate surface area is 167 Å². The van der Waals surface area contributed by atoms with Gasteiger partial charge in [0.05, 0.1) is 16.0 Å². The summed E-state index contributed by atoms with van der Waals surface area (Å²) in [7, 11) is 0. The van der Waals surface area contributed by atoms with Crippen molar-refractivity contribution in [2.45, 2.75) is 19.9 Å². The first-order valence-electron chi connectivity index (χ1n) is 9.02. The SMILES string of the molecule is CC(=O)O.CC(N)c1ccc2c3ccc([N+](=O)[O-])cc3n(-c3ccccc3)c2c1. The van der Waals surface area contributed by atoms with E-state index in [-0.39, 0.29) is 16.7 Å². The second kappa shape index (κ2) is 8.12. The second-order valence-corrected chi connectivity index (χ2v) is 6.71. The molecule has 4 rings (SSSR count). The van der Waals surface area contributed by atoms with Gasteiger partial charge in [-0.15, -0.1) is 0 Å². The minimum absolute atomic E-state index is 0.0824. The highest BCUT2D eigenvalue weighted by Gasteiger charge is 2.16. The second-order valence-electron chi connectivity index (χ2n) is 6.71. The summed E-state index contributed by atoms with van der Waals surface area (Å²) >= 11 is 0. The number of hydrogen-bond acceptors (Lipinski definition) is 4. The molecule has 4 aromatic rings. The number of nitro benzene ring substituents is 1. The maximum atomic E-state index is 11.2. The van der Waals surface area contributed by atoms with Crippen LogP contribution in [0, 0.1) is 10.1 Å². The Bertz CT molecular complexity index is 1190. The molecule has 29 heavy (non-hydrogen) atoms. The van der Waals surface area contributed by atoms with Crippen molar-refractivity contribution in [2.75, 3.05) is 0 Å². The van der Waals surface area contributed by atoms with Gasteiger partial charge in [0, 0.05) is 41.6 Å². The number of hydrogen-bond donors (Lipinski definition) is 2. The largest absolute Gasteiger partial charge is 0.481 e. The number of para-hydroxylation sites is 1. The van der Waals surface area contributed by atoms with Crippen molar-refractivity contribution >= 4 is 33.5 Å². The first kappa shape index (κ1) is 20.0. The highest BCUT2D eigenvalue weighted by atomic mass is 16.6. The van der Waals surface area contributed by atoms with Gasteiger partial charge in [-0.3, -0.25) is 14.9 Å². The first-order valence-corrected chi connectivity index (χ1v) is 9.02. The average molecular weight is 391 g/mol. The molecule has 0 aliphatic heterocycles. The zero-order chi connectivity index (χ0) is 21.1. The number of carboxylic acid groups (broad SMARTS) is 1. The lowest BCUT2D eigenvalue weighted by atomic mass is 10.1. The molecular weight excluding hydrogens is 370 g/mol. The van der Waals surface area contributed by atoms with E-state index in [1.807, 2.05) is 55.5 Å². The van der Waals surface area contributed by atoms with Crippen molar-refractivity contribution in [1.82, 2.24) is 4.57 Å².